The molecule has 0 aromatic carbocycles. The number of anilines is 1. The van der Waals surface area contributed by atoms with Crippen LogP contribution in [0.4, 0.5) is 5.69 Å². The normalized spacial score (nSPS) is 20.1. The van der Waals surface area contributed by atoms with Crippen molar-refractivity contribution in [3.05, 3.63) is 22.6 Å². The second-order valence-electron chi connectivity index (χ2n) is 4.63. The lowest BCUT2D eigenvalue weighted by molar-refractivity contribution is -0.136. The third-order valence-electron chi connectivity index (χ3n) is 3.30. The lowest BCUT2D eigenvalue weighted by atomic mass is 10.3. The molecule has 2 heterocycles. The van der Waals surface area contributed by atoms with Gasteiger partial charge in [0.2, 0.25) is 0 Å². The summed E-state index contributed by atoms with van der Waals surface area (Å²) in [4.78, 5) is 24.6. The van der Waals surface area contributed by atoms with Gasteiger partial charge in [-0.3, -0.25) is 9.59 Å². The van der Waals surface area contributed by atoms with E-state index in [1.807, 2.05) is 4.90 Å². The molecule has 0 radical (unpaired) electrons. The molecule has 1 aliphatic heterocycles. The van der Waals surface area contributed by atoms with Crippen LogP contribution < -0.4 is 10.5 Å². The Balaban J connectivity index is 2.10. The highest BCUT2D eigenvalue weighted by Gasteiger charge is 2.23. The number of nitrogens with zero attached hydrogens (tertiary/aromatic N) is 3. The van der Waals surface area contributed by atoms with E-state index in [-0.39, 0.29) is 18.2 Å². The molecule has 2 atom stereocenters. The third-order valence-corrected chi connectivity index (χ3v) is 3.62. The Kier molecular flexibility index (Phi) is 4.61. The number of aromatic nitrogens is 2. The van der Waals surface area contributed by atoms with Crippen molar-refractivity contribution in [1.82, 2.24) is 9.78 Å². The number of carboxylic acid groups (broad SMARTS) is 1. The molecule has 20 heavy (non-hydrogen) atoms. The summed E-state index contributed by atoms with van der Waals surface area (Å²) in [5, 5.41) is 11.5. The summed E-state index contributed by atoms with van der Waals surface area (Å²) in [7, 11) is 1.66. The highest BCUT2D eigenvalue weighted by Crippen LogP contribution is 2.19. The van der Waals surface area contributed by atoms with Gasteiger partial charge in [0.25, 0.3) is 5.56 Å². The Bertz CT molecular complexity index is 548. The topological polar surface area (TPSA) is 84.7 Å². The molecule has 1 saturated heterocycles. The van der Waals surface area contributed by atoms with Gasteiger partial charge in [0.15, 0.2) is 5.38 Å². The highest BCUT2D eigenvalue weighted by molar-refractivity contribution is 6.29. The molecule has 1 aromatic rings. The summed E-state index contributed by atoms with van der Waals surface area (Å²) in [5.74, 6) is -1.17. The summed E-state index contributed by atoms with van der Waals surface area (Å²) < 4.78 is 6.32. The van der Waals surface area contributed by atoms with E-state index in [1.54, 1.807) is 13.3 Å². The van der Waals surface area contributed by atoms with Gasteiger partial charge in [-0.2, -0.15) is 5.10 Å². The maximum atomic E-state index is 11.9. The lowest BCUT2D eigenvalue weighted by Crippen LogP contribution is -2.31. The minimum atomic E-state index is -1.17. The van der Waals surface area contributed by atoms with E-state index in [0.717, 1.165) is 24.2 Å². The van der Waals surface area contributed by atoms with E-state index in [9.17, 15) is 9.59 Å². The maximum Gasteiger partial charge on any atom is 0.323 e. The molecule has 7 nitrogen and oxygen atoms in total. The fraction of sp³-hybridized carbons (Fsp3) is 0.583. The van der Waals surface area contributed by atoms with Crippen LogP contribution in [0.3, 0.4) is 0 Å². The molecule has 0 amide bonds. The largest absolute Gasteiger partial charge is 0.480 e. The predicted molar refractivity (Wildman–Crippen MR) is 73.4 cm³/mol. The average Bonchev–Trinajstić information content (AvgIpc) is 2.89. The fourth-order valence-electron chi connectivity index (χ4n) is 2.12. The molecule has 1 aliphatic rings. The molecule has 0 spiro atoms. The number of rotatable bonds is 5. The van der Waals surface area contributed by atoms with E-state index in [1.165, 1.54) is 6.07 Å². The van der Waals surface area contributed by atoms with Crippen molar-refractivity contribution < 1.29 is 14.6 Å². The summed E-state index contributed by atoms with van der Waals surface area (Å²) in [6, 6.07) is 1.44. The quantitative estimate of drug-likeness (QED) is 0.780. The van der Waals surface area contributed by atoms with Crippen molar-refractivity contribution in [2.75, 3.05) is 25.1 Å². The Hall–Kier alpha value is -1.60. The molecule has 2 unspecified atom stereocenters. The number of hydrogen-bond donors (Lipinski definition) is 1. The number of aliphatic carboxylic acids is 1. The standard InChI is InChI=1S/C12H16ClN3O4/c1-20-9-2-3-15(6-9)8-4-11(17)16(14-5-8)7-10(13)12(18)19/h4-5,9-10H,2-3,6-7H2,1H3,(H,18,19). The number of methoxy groups -OCH3 is 1. The van der Waals surface area contributed by atoms with Crippen molar-refractivity contribution in [2.45, 2.75) is 24.4 Å². The number of carbonyl (C=O) groups is 1. The second kappa shape index (κ2) is 6.23. The molecule has 8 heteroatoms. The van der Waals surface area contributed by atoms with Crippen molar-refractivity contribution >= 4 is 23.3 Å². The Morgan fingerprint density at radius 3 is 3.00 bits per heavy atom. The Labute approximate surface area is 120 Å². The molecule has 2 rings (SSSR count). The van der Waals surface area contributed by atoms with Gasteiger partial charge in [0, 0.05) is 26.3 Å². The van der Waals surface area contributed by atoms with Crippen LogP contribution in [-0.4, -0.2) is 52.5 Å². The third kappa shape index (κ3) is 3.29. The summed E-state index contributed by atoms with van der Waals surface area (Å²) in [6.07, 6.45) is 2.62. The van der Waals surface area contributed by atoms with Crippen LogP contribution in [0, 0.1) is 0 Å². The average molecular weight is 302 g/mol. The molecule has 0 aliphatic carbocycles. The van der Waals surface area contributed by atoms with Crippen molar-refractivity contribution in [3.8, 4) is 0 Å². The predicted octanol–water partition coefficient (Wildman–Crippen LogP) is 0.160. The lowest BCUT2D eigenvalue weighted by Gasteiger charge is -2.18. The first-order valence-corrected chi connectivity index (χ1v) is 6.66. The summed E-state index contributed by atoms with van der Waals surface area (Å²) in [5.41, 5.74) is 0.350. The summed E-state index contributed by atoms with van der Waals surface area (Å²) in [6.45, 7) is 1.36. The Morgan fingerprint density at radius 1 is 1.70 bits per heavy atom. The van der Waals surface area contributed by atoms with Crippen LogP contribution in [-0.2, 0) is 16.1 Å². The van der Waals surface area contributed by atoms with Crippen molar-refractivity contribution in [1.29, 1.82) is 0 Å². The monoisotopic (exact) mass is 301 g/mol. The highest BCUT2D eigenvalue weighted by atomic mass is 35.5. The zero-order chi connectivity index (χ0) is 14.7. The van der Waals surface area contributed by atoms with Crippen molar-refractivity contribution in [2.24, 2.45) is 0 Å². The number of alkyl halides is 1. The zero-order valence-electron chi connectivity index (χ0n) is 11.0. The van der Waals surface area contributed by atoms with Crippen LogP contribution in [0.1, 0.15) is 6.42 Å². The molecule has 0 saturated carbocycles. The van der Waals surface area contributed by atoms with E-state index in [0.29, 0.717) is 5.69 Å². The summed E-state index contributed by atoms with van der Waals surface area (Å²) >= 11 is 5.60. The van der Waals surface area contributed by atoms with Crippen LogP contribution in [0.15, 0.2) is 17.1 Å². The molecule has 0 bridgehead atoms. The first-order valence-electron chi connectivity index (χ1n) is 6.23. The molecular weight excluding hydrogens is 286 g/mol. The first-order chi connectivity index (χ1) is 9.51. The van der Waals surface area contributed by atoms with Crippen LogP contribution >= 0.6 is 11.6 Å². The molecule has 1 aromatic heterocycles. The van der Waals surface area contributed by atoms with Gasteiger partial charge in [-0.1, -0.05) is 0 Å². The van der Waals surface area contributed by atoms with E-state index in [2.05, 4.69) is 5.10 Å². The van der Waals surface area contributed by atoms with E-state index < -0.39 is 11.3 Å². The van der Waals surface area contributed by atoms with Crippen LogP contribution in [0.5, 0.6) is 0 Å². The maximum absolute atomic E-state index is 11.9. The number of halogens is 1. The van der Waals surface area contributed by atoms with Gasteiger partial charge in [-0.05, 0) is 6.42 Å². The van der Waals surface area contributed by atoms with Crippen LogP contribution in [0.2, 0.25) is 0 Å². The number of ether oxygens (including phenoxy) is 1. The molecule has 1 fully saturated rings. The van der Waals surface area contributed by atoms with Gasteiger partial charge < -0.3 is 14.7 Å². The van der Waals surface area contributed by atoms with Crippen LogP contribution in [0.25, 0.3) is 0 Å². The fourth-order valence-corrected chi connectivity index (χ4v) is 2.25. The zero-order valence-corrected chi connectivity index (χ0v) is 11.8. The number of hydrogen-bond acceptors (Lipinski definition) is 5. The molecular formula is C12H16ClN3O4. The Morgan fingerprint density at radius 2 is 2.45 bits per heavy atom. The first kappa shape index (κ1) is 14.8. The molecule has 110 valence electrons. The van der Waals surface area contributed by atoms with Gasteiger partial charge in [-0.15, -0.1) is 11.6 Å². The minimum Gasteiger partial charge on any atom is -0.480 e. The van der Waals surface area contributed by atoms with Gasteiger partial charge in [-0.25, -0.2) is 4.68 Å². The smallest absolute Gasteiger partial charge is 0.323 e. The SMILES string of the molecule is COC1CCN(c2cnn(CC(Cl)C(=O)O)c(=O)c2)C1. The van der Waals surface area contributed by atoms with Crippen molar-refractivity contribution in [3.63, 3.8) is 0 Å². The van der Waals surface area contributed by atoms with E-state index >= 15 is 0 Å². The number of carboxylic acids is 1. The van der Waals surface area contributed by atoms with Gasteiger partial charge >= 0.3 is 5.97 Å². The molecule has 1 N–H and O–H groups in total. The van der Waals surface area contributed by atoms with Gasteiger partial charge in [0.1, 0.15) is 0 Å². The minimum absolute atomic E-state index is 0.156. The van der Waals surface area contributed by atoms with Gasteiger partial charge in [0.05, 0.1) is 24.5 Å². The second-order valence-corrected chi connectivity index (χ2v) is 5.16. The van der Waals surface area contributed by atoms with E-state index in [4.69, 9.17) is 21.4 Å².